The summed E-state index contributed by atoms with van der Waals surface area (Å²) in [4.78, 5) is 15.9. The second-order valence-corrected chi connectivity index (χ2v) is 13.6. The molecule has 0 saturated carbocycles. The molecule has 41 heavy (non-hydrogen) atoms. The van der Waals surface area contributed by atoms with Crippen molar-refractivity contribution in [1.82, 2.24) is 10.2 Å². The summed E-state index contributed by atoms with van der Waals surface area (Å²) in [7, 11) is -2.47. The van der Waals surface area contributed by atoms with Gasteiger partial charge in [-0.2, -0.15) is 0 Å². The van der Waals surface area contributed by atoms with Crippen LogP contribution in [0.1, 0.15) is 50.3 Å². The zero-order valence-corrected chi connectivity index (χ0v) is 25.0. The van der Waals surface area contributed by atoms with Crippen LogP contribution < -0.4 is 19.1 Å². The van der Waals surface area contributed by atoms with Gasteiger partial charge in [0, 0.05) is 13.1 Å². The van der Waals surface area contributed by atoms with Crippen LogP contribution in [0.2, 0.25) is 0 Å². The average Bonchev–Trinajstić information content (AvgIpc) is 3.48. The number of rotatable bonds is 8. The molecule has 218 valence electrons. The minimum atomic E-state index is -4.00. The first-order chi connectivity index (χ1) is 19.5. The molecule has 1 unspecified atom stereocenters. The van der Waals surface area contributed by atoms with Crippen LogP contribution in [0.3, 0.4) is 0 Å². The Kier molecular flexibility index (Phi) is 8.29. The van der Waals surface area contributed by atoms with Crippen LogP contribution in [0.5, 0.6) is 11.5 Å². The van der Waals surface area contributed by atoms with E-state index in [1.807, 2.05) is 24.3 Å². The number of fused-ring (bicyclic) bond motifs is 1. The maximum Gasteiger partial charge on any atom is 0.264 e. The van der Waals surface area contributed by atoms with E-state index < -0.39 is 16.1 Å². The molecule has 1 amide bonds. The molecule has 1 atom stereocenters. The lowest BCUT2D eigenvalue weighted by Crippen LogP contribution is -2.50. The van der Waals surface area contributed by atoms with Gasteiger partial charge in [-0.05, 0) is 84.4 Å². The van der Waals surface area contributed by atoms with Crippen molar-refractivity contribution in [1.29, 1.82) is 0 Å². The SMILES string of the molecule is COc1ccc(S(=O)(=O)N2CC(C(=O)NCc3ccc(CN4CCCC4)cc3)Oc3ccc(C(C)(C)C)cc32)cc1. The molecular formula is C32H39N3O5S. The number of anilines is 1. The number of carbonyl (C=O) groups is 1. The number of ether oxygens (including phenoxy) is 2. The first-order valence-corrected chi connectivity index (χ1v) is 15.5. The van der Waals surface area contributed by atoms with E-state index in [0.29, 0.717) is 23.7 Å². The van der Waals surface area contributed by atoms with Gasteiger partial charge in [-0.1, -0.05) is 51.1 Å². The maximum absolute atomic E-state index is 13.9. The van der Waals surface area contributed by atoms with Gasteiger partial charge >= 0.3 is 0 Å². The minimum absolute atomic E-state index is 0.112. The van der Waals surface area contributed by atoms with Crippen LogP contribution in [0.15, 0.2) is 71.6 Å². The highest BCUT2D eigenvalue weighted by Crippen LogP contribution is 2.40. The fourth-order valence-corrected chi connectivity index (χ4v) is 6.69. The molecule has 0 spiro atoms. The third-order valence-corrected chi connectivity index (χ3v) is 9.52. The van der Waals surface area contributed by atoms with Gasteiger partial charge in [-0.25, -0.2) is 8.42 Å². The van der Waals surface area contributed by atoms with Gasteiger partial charge in [0.1, 0.15) is 11.5 Å². The number of methoxy groups -OCH3 is 1. The molecular weight excluding hydrogens is 538 g/mol. The van der Waals surface area contributed by atoms with E-state index in [1.165, 1.54) is 42.0 Å². The molecule has 1 N–H and O–H groups in total. The van der Waals surface area contributed by atoms with Crippen molar-refractivity contribution in [3.05, 3.63) is 83.4 Å². The van der Waals surface area contributed by atoms with Crippen LogP contribution in [0.4, 0.5) is 5.69 Å². The molecule has 0 aromatic heterocycles. The number of nitrogens with one attached hydrogen (secondary N) is 1. The van der Waals surface area contributed by atoms with E-state index >= 15 is 0 Å². The molecule has 3 aromatic carbocycles. The normalized spacial score (nSPS) is 17.6. The molecule has 9 heteroatoms. The fourth-order valence-electron chi connectivity index (χ4n) is 5.22. The molecule has 5 rings (SSSR count). The van der Waals surface area contributed by atoms with Gasteiger partial charge in [-0.15, -0.1) is 0 Å². The number of amides is 1. The number of benzene rings is 3. The highest BCUT2D eigenvalue weighted by Gasteiger charge is 2.38. The van der Waals surface area contributed by atoms with E-state index in [1.54, 1.807) is 18.2 Å². The monoisotopic (exact) mass is 577 g/mol. The van der Waals surface area contributed by atoms with E-state index in [0.717, 1.165) is 30.8 Å². The summed E-state index contributed by atoms with van der Waals surface area (Å²) in [5.74, 6) is 0.544. The molecule has 0 radical (unpaired) electrons. The summed E-state index contributed by atoms with van der Waals surface area (Å²) in [5.41, 5.74) is 3.40. The van der Waals surface area contributed by atoms with Gasteiger partial charge in [0.2, 0.25) is 0 Å². The lowest BCUT2D eigenvalue weighted by atomic mass is 9.86. The van der Waals surface area contributed by atoms with Crippen molar-refractivity contribution >= 4 is 21.6 Å². The first-order valence-electron chi connectivity index (χ1n) is 14.1. The largest absolute Gasteiger partial charge is 0.497 e. The average molecular weight is 578 g/mol. The van der Waals surface area contributed by atoms with Crippen LogP contribution in [-0.4, -0.2) is 52.1 Å². The predicted molar refractivity (Wildman–Crippen MR) is 160 cm³/mol. The summed E-state index contributed by atoms with van der Waals surface area (Å²) in [6, 6.07) is 20.0. The molecule has 2 aliphatic rings. The Hall–Kier alpha value is -3.56. The smallest absolute Gasteiger partial charge is 0.264 e. The lowest BCUT2D eigenvalue weighted by Gasteiger charge is -2.36. The third-order valence-electron chi connectivity index (χ3n) is 7.73. The van der Waals surface area contributed by atoms with Crippen molar-refractivity contribution in [2.24, 2.45) is 0 Å². The van der Waals surface area contributed by atoms with E-state index in [4.69, 9.17) is 9.47 Å². The minimum Gasteiger partial charge on any atom is -0.497 e. The fraction of sp³-hybridized carbons (Fsp3) is 0.406. The summed E-state index contributed by atoms with van der Waals surface area (Å²) >= 11 is 0. The standard InChI is InChI=1S/C32H39N3O5S/c1-32(2,3)25-11-16-29-28(19-25)35(41(37,38)27-14-12-26(39-4)13-15-27)22-30(40-29)31(36)33-20-23-7-9-24(10-8-23)21-34-17-5-6-18-34/h7-16,19,30H,5-6,17-18,20-22H2,1-4H3,(H,33,36). The Morgan fingerprint density at radius 1 is 0.976 bits per heavy atom. The van der Waals surface area contributed by atoms with Crippen molar-refractivity contribution in [2.75, 3.05) is 31.0 Å². The van der Waals surface area contributed by atoms with Crippen LogP contribution >= 0.6 is 0 Å². The molecule has 2 heterocycles. The predicted octanol–water partition coefficient (Wildman–Crippen LogP) is 4.86. The molecule has 2 aliphatic heterocycles. The maximum atomic E-state index is 13.9. The summed E-state index contributed by atoms with van der Waals surface area (Å²) in [6.45, 7) is 9.61. The number of hydrogen-bond acceptors (Lipinski definition) is 6. The Bertz CT molecular complexity index is 1480. The van der Waals surface area contributed by atoms with Gasteiger partial charge in [-0.3, -0.25) is 14.0 Å². The summed E-state index contributed by atoms with van der Waals surface area (Å²) < 4.78 is 40.4. The Morgan fingerprint density at radius 3 is 2.27 bits per heavy atom. The van der Waals surface area contributed by atoms with Crippen LogP contribution in [-0.2, 0) is 33.3 Å². The van der Waals surface area contributed by atoms with Crippen molar-refractivity contribution < 1.29 is 22.7 Å². The van der Waals surface area contributed by atoms with Gasteiger partial charge in [0.25, 0.3) is 15.9 Å². The topological polar surface area (TPSA) is 88.2 Å². The van der Waals surface area contributed by atoms with Crippen LogP contribution in [0, 0.1) is 0 Å². The van der Waals surface area contributed by atoms with Crippen molar-refractivity contribution in [3.8, 4) is 11.5 Å². The van der Waals surface area contributed by atoms with Crippen LogP contribution in [0.25, 0.3) is 0 Å². The van der Waals surface area contributed by atoms with Gasteiger partial charge in [0.05, 0.1) is 24.2 Å². The van der Waals surface area contributed by atoms with E-state index in [9.17, 15) is 13.2 Å². The zero-order chi connectivity index (χ0) is 29.2. The highest BCUT2D eigenvalue weighted by atomic mass is 32.2. The number of carbonyl (C=O) groups excluding carboxylic acids is 1. The Labute approximate surface area is 243 Å². The second-order valence-electron chi connectivity index (χ2n) is 11.8. The molecule has 0 bridgehead atoms. The molecule has 8 nitrogen and oxygen atoms in total. The number of sulfonamides is 1. The summed E-state index contributed by atoms with van der Waals surface area (Å²) in [5, 5.41) is 2.94. The number of hydrogen-bond donors (Lipinski definition) is 1. The van der Waals surface area contributed by atoms with Crippen molar-refractivity contribution in [3.63, 3.8) is 0 Å². The first kappa shape index (κ1) is 29.0. The number of likely N-dealkylation sites (tertiary alicyclic amines) is 1. The highest BCUT2D eigenvalue weighted by molar-refractivity contribution is 7.92. The van der Waals surface area contributed by atoms with Gasteiger partial charge in [0.15, 0.2) is 6.10 Å². The molecule has 3 aromatic rings. The van der Waals surface area contributed by atoms with Gasteiger partial charge < -0.3 is 14.8 Å². The summed E-state index contributed by atoms with van der Waals surface area (Å²) in [6.07, 6.45) is 1.51. The molecule has 1 saturated heterocycles. The number of nitrogens with zero attached hydrogens (tertiary/aromatic N) is 2. The quantitative estimate of drug-likeness (QED) is 0.412. The third kappa shape index (κ3) is 6.52. The molecule has 0 aliphatic carbocycles. The zero-order valence-electron chi connectivity index (χ0n) is 24.2. The van der Waals surface area contributed by atoms with E-state index in [-0.39, 0.29) is 22.8 Å². The lowest BCUT2D eigenvalue weighted by molar-refractivity contribution is -0.127. The Balaban J connectivity index is 1.35. The Morgan fingerprint density at radius 2 is 1.63 bits per heavy atom. The molecule has 1 fully saturated rings. The van der Waals surface area contributed by atoms with E-state index in [2.05, 4.69) is 43.1 Å². The van der Waals surface area contributed by atoms with Crippen molar-refractivity contribution in [2.45, 2.75) is 63.1 Å². The second kappa shape index (κ2) is 11.7.